The maximum Gasteiger partial charge on any atom is 0.0416 e. The summed E-state index contributed by atoms with van der Waals surface area (Å²) in [6.07, 6.45) is 12.3. The molecule has 2 aliphatic carbocycles. The van der Waals surface area contributed by atoms with Gasteiger partial charge in [0.15, 0.2) is 0 Å². The third-order valence-electron chi connectivity index (χ3n) is 6.93. The SMILES string of the molecule is C=Cc1ccc(CCC2=CC=C3CC2Cc2cc(C)c(C)cc23)cc1NCCC(=C)C. The van der Waals surface area contributed by atoms with E-state index in [0.29, 0.717) is 5.92 Å². The highest BCUT2D eigenvalue weighted by Gasteiger charge is 2.27. The van der Waals surface area contributed by atoms with Gasteiger partial charge < -0.3 is 5.32 Å². The number of rotatable bonds is 8. The molecule has 2 bridgehead atoms. The molecule has 2 aromatic rings. The van der Waals surface area contributed by atoms with Crippen LogP contribution in [0.4, 0.5) is 5.69 Å². The van der Waals surface area contributed by atoms with Crippen molar-refractivity contribution in [1.29, 1.82) is 0 Å². The fraction of sp³-hybridized carbons (Fsp3) is 0.333. The Balaban J connectivity index is 1.46. The highest BCUT2D eigenvalue weighted by atomic mass is 14.9. The Bertz CT molecular complexity index is 1080. The molecule has 0 aromatic heterocycles. The van der Waals surface area contributed by atoms with E-state index in [4.69, 9.17) is 0 Å². The van der Waals surface area contributed by atoms with Gasteiger partial charge in [0.2, 0.25) is 0 Å². The average molecular weight is 410 g/mol. The van der Waals surface area contributed by atoms with Crippen molar-refractivity contribution < 1.29 is 0 Å². The summed E-state index contributed by atoms with van der Waals surface area (Å²) >= 11 is 0. The molecule has 2 aromatic carbocycles. The number of benzene rings is 2. The maximum absolute atomic E-state index is 4.00. The van der Waals surface area contributed by atoms with Gasteiger partial charge in [-0.3, -0.25) is 0 Å². The molecule has 0 amide bonds. The van der Waals surface area contributed by atoms with E-state index in [1.54, 1.807) is 5.57 Å². The van der Waals surface area contributed by atoms with Gasteiger partial charge in [0.05, 0.1) is 0 Å². The Morgan fingerprint density at radius 2 is 1.87 bits per heavy atom. The van der Waals surface area contributed by atoms with Gasteiger partial charge in [-0.05, 0) is 104 Å². The highest BCUT2D eigenvalue weighted by Crippen LogP contribution is 2.42. The minimum Gasteiger partial charge on any atom is -0.384 e. The Labute approximate surface area is 188 Å². The first-order valence-electron chi connectivity index (χ1n) is 11.6. The monoisotopic (exact) mass is 409 g/mol. The largest absolute Gasteiger partial charge is 0.384 e. The maximum atomic E-state index is 4.00. The predicted molar refractivity (Wildman–Crippen MR) is 137 cm³/mol. The lowest BCUT2D eigenvalue weighted by Gasteiger charge is -2.32. The van der Waals surface area contributed by atoms with Crippen LogP contribution >= 0.6 is 0 Å². The molecule has 4 rings (SSSR count). The first-order chi connectivity index (χ1) is 14.9. The fourth-order valence-corrected chi connectivity index (χ4v) is 4.90. The second kappa shape index (κ2) is 9.14. The molecule has 1 nitrogen and oxygen atoms in total. The molecule has 1 unspecified atom stereocenters. The number of allylic oxidation sites excluding steroid dienone is 4. The summed E-state index contributed by atoms with van der Waals surface area (Å²) in [5, 5.41) is 3.57. The van der Waals surface area contributed by atoms with E-state index in [0.717, 1.165) is 25.8 Å². The van der Waals surface area contributed by atoms with Gasteiger partial charge in [-0.15, -0.1) is 6.58 Å². The zero-order valence-corrected chi connectivity index (χ0v) is 19.4. The summed E-state index contributed by atoms with van der Waals surface area (Å²) in [6.45, 7) is 15.4. The second-order valence-corrected chi connectivity index (χ2v) is 9.39. The Morgan fingerprint density at radius 1 is 1.06 bits per heavy atom. The quantitative estimate of drug-likeness (QED) is 0.438. The number of fused-ring (bicyclic) bond motifs is 4. The molecular weight excluding hydrogens is 374 g/mol. The smallest absolute Gasteiger partial charge is 0.0416 e. The molecule has 0 radical (unpaired) electrons. The summed E-state index contributed by atoms with van der Waals surface area (Å²) < 4.78 is 0. The molecule has 0 spiro atoms. The second-order valence-electron chi connectivity index (χ2n) is 9.39. The summed E-state index contributed by atoms with van der Waals surface area (Å²) in [5.74, 6) is 0.662. The summed E-state index contributed by atoms with van der Waals surface area (Å²) in [5.41, 5.74) is 13.9. The van der Waals surface area contributed by atoms with Gasteiger partial charge >= 0.3 is 0 Å². The van der Waals surface area contributed by atoms with Crippen molar-refractivity contribution in [3.8, 4) is 0 Å². The molecule has 31 heavy (non-hydrogen) atoms. The van der Waals surface area contributed by atoms with Crippen molar-refractivity contribution in [2.24, 2.45) is 5.92 Å². The molecule has 1 N–H and O–H groups in total. The minimum absolute atomic E-state index is 0.662. The summed E-state index contributed by atoms with van der Waals surface area (Å²) in [4.78, 5) is 0. The third-order valence-corrected chi connectivity index (χ3v) is 6.93. The van der Waals surface area contributed by atoms with Crippen LogP contribution in [0.3, 0.4) is 0 Å². The van der Waals surface area contributed by atoms with Crippen molar-refractivity contribution >= 4 is 17.3 Å². The van der Waals surface area contributed by atoms with E-state index in [2.05, 4.69) is 81.7 Å². The number of anilines is 1. The number of hydrogen-bond acceptors (Lipinski definition) is 1. The standard InChI is InChI=1S/C30H35N/c1-6-24-9-7-23(17-30(24)31-14-13-20(2)3)8-10-25-11-12-26-18-27(25)19-28-15-21(4)22(5)16-29(26)28/h6-7,9,11-12,15-17,27,31H,1-2,8,10,13-14,18-19H2,3-5H3. The molecule has 2 aliphatic rings. The van der Waals surface area contributed by atoms with Gasteiger partial charge in [0, 0.05) is 12.2 Å². The van der Waals surface area contributed by atoms with Gasteiger partial charge in [-0.1, -0.05) is 60.2 Å². The molecule has 1 atom stereocenters. The number of hydrogen-bond donors (Lipinski definition) is 1. The topological polar surface area (TPSA) is 12.0 Å². The fourth-order valence-electron chi connectivity index (χ4n) is 4.90. The lowest BCUT2D eigenvalue weighted by Crippen LogP contribution is -2.19. The van der Waals surface area contributed by atoms with Crippen LogP contribution in [0, 0.1) is 19.8 Å². The van der Waals surface area contributed by atoms with Gasteiger partial charge in [-0.25, -0.2) is 0 Å². The van der Waals surface area contributed by atoms with E-state index in [9.17, 15) is 0 Å². The number of nitrogens with one attached hydrogen (secondary N) is 1. The first kappa shape index (κ1) is 21.4. The van der Waals surface area contributed by atoms with Crippen LogP contribution in [0.1, 0.15) is 59.6 Å². The van der Waals surface area contributed by atoms with Crippen molar-refractivity contribution in [2.45, 2.75) is 52.9 Å². The number of aryl methyl sites for hydroxylation is 3. The molecule has 0 heterocycles. The molecule has 0 aliphatic heterocycles. The minimum atomic E-state index is 0.662. The molecule has 0 saturated heterocycles. The molecule has 1 heteroatoms. The van der Waals surface area contributed by atoms with E-state index in [1.807, 2.05) is 6.08 Å². The van der Waals surface area contributed by atoms with Crippen molar-refractivity contribution in [3.63, 3.8) is 0 Å². The van der Waals surface area contributed by atoms with E-state index < -0.39 is 0 Å². The van der Waals surface area contributed by atoms with Crippen LogP contribution in [0.25, 0.3) is 11.6 Å². The van der Waals surface area contributed by atoms with Crippen LogP contribution in [0.15, 0.2) is 66.8 Å². The van der Waals surface area contributed by atoms with Crippen molar-refractivity contribution in [3.05, 3.63) is 100 Å². The highest BCUT2D eigenvalue weighted by molar-refractivity contribution is 5.74. The van der Waals surface area contributed by atoms with Crippen LogP contribution in [-0.2, 0) is 12.8 Å². The normalized spacial score (nSPS) is 16.8. The molecule has 0 fully saturated rings. The molecule has 0 saturated carbocycles. The Morgan fingerprint density at radius 3 is 2.65 bits per heavy atom. The molecule has 160 valence electrons. The zero-order chi connectivity index (χ0) is 22.0. The molecular formula is C30H35N. The summed E-state index contributed by atoms with van der Waals surface area (Å²) in [6, 6.07) is 11.6. The van der Waals surface area contributed by atoms with E-state index in [-0.39, 0.29) is 0 Å². The van der Waals surface area contributed by atoms with Crippen LogP contribution in [-0.4, -0.2) is 6.54 Å². The lowest BCUT2D eigenvalue weighted by atomic mass is 9.72. The average Bonchev–Trinajstić information content (AvgIpc) is 2.74. The van der Waals surface area contributed by atoms with Crippen LogP contribution in [0.2, 0.25) is 0 Å². The van der Waals surface area contributed by atoms with E-state index in [1.165, 1.54) is 63.1 Å². The third kappa shape index (κ3) is 4.77. The zero-order valence-electron chi connectivity index (χ0n) is 19.4. The van der Waals surface area contributed by atoms with Crippen LogP contribution < -0.4 is 5.32 Å². The summed E-state index contributed by atoms with van der Waals surface area (Å²) in [7, 11) is 0. The Hall–Kier alpha value is -2.80. The Kier molecular flexibility index (Phi) is 6.32. The van der Waals surface area contributed by atoms with Crippen LogP contribution in [0.5, 0.6) is 0 Å². The van der Waals surface area contributed by atoms with E-state index >= 15 is 0 Å². The van der Waals surface area contributed by atoms with Gasteiger partial charge in [-0.2, -0.15) is 0 Å². The predicted octanol–water partition coefficient (Wildman–Crippen LogP) is 7.84. The van der Waals surface area contributed by atoms with Crippen molar-refractivity contribution in [1.82, 2.24) is 0 Å². The van der Waals surface area contributed by atoms with Crippen molar-refractivity contribution in [2.75, 3.05) is 11.9 Å². The lowest BCUT2D eigenvalue weighted by molar-refractivity contribution is 0.577. The van der Waals surface area contributed by atoms with Gasteiger partial charge in [0.25, 0.3) is 0 Å². The first-order valence-corrected chi connectivity index (χ1v) is 11.6. The van der Waals surface area contributed by atoms with Gasteiger partial charge in [0.1, 0.15) is 0 Å².